The first-order valence-corrected chi connectivity index (χ1v) is 8.81. The summed E-state index contributed by atoms with van der Waals surface area (Å²) in [6, 6.07) is 10.2. The van der Waals surface area contributed by atoms with Crippen LogP contribution in [-0.4, -0.2) is 25.0 Å². The van der Waals surface area contributed by atoms with Crippen LogP contribution in [0.1, 0.15) is 23.7 Å². The molecule has 1 atom stereocenters. The molecule has 24 heavy (non-hydrogen) atoms. The van der Waals surface area contributed by atoms with Crippen molar-refractivity contribution in [2.75, 3.05) is 10.8 Å². The highest BCUT2D eigenvalue weighted by Gasteiger charge is 2.34. The molecule has 0 amide bonds. The number of anilines is 1. The Morgan fingerprint density at radius 2 is 1.96 bits per heavy atom. The van der Waals surface area contributed by atoms with Crippen LogP contribution >= 0.6 is 0 Å². The topological polar surface area (TPSA) is 101 Å². The van der Waals surface area contributed by atoms with Gasteiger partial charge in [0.15, 0.2) is 0 Å². The highest BCUT2D eigenvalue weighted by Crippen LogP contribution is 2.39. The third kappa shape index (κ3) is 2.63. The molecule has 1 aliphatic heterocycles. The van der Waals surface area contributed by atoms with Crippen molar-refractivity contribution in [2.45, 2.75) is 24.3 Å². The van der Waals surface area contributed by atoms with Crippen LogP contribution in [0.4, 0.5) is 11.4 Å². The molecule has 0 radical (unpaired) electrons. The van der Waals surface area contributed by atoms with E-state index in [9.17, 15) is 23.6 Å². The van der Waals surface area contributed by atoms with E-state index in [2.05, 4.69) is 0 Å². The maximum absolute atomic E-state index is 13.0. The van der Waals surface area contributed by atoms with E-state index >= 15 is 0 Å². The molecule has 2 aromatic rings. The number of non-ortho nitro benzene ring substituents is 1. The Labute approximate surface area is 139 Å². The Kier molecular flexibility index (Phi) is 4.02. The molecule has 1 heterocycles. The third-order valence-electron chi connectivity index (χ3n) is 4.10. The lowest BCUT2D eigenvalue weighted by molar-refractivity contribution is -0.385. The molecular formula is C16H16N2O5S. The van der Waals surface area contributed by atoms with E-state index in [1.165, 1.54) is 22.5 Å². The van der Waals surface area contributed by atoms with Crippen molar-refractivity contribution in [3.8, 4) is 0 Å². The molecule has 0 bridgehead atoms. The number of hydrogen-bond acceptors (Lipinski definition) is 5. The van der Waals surface area contributed by atoms with E-state index in [0.29, 0.717) is 11.3 Å². The van der Waals surface area contributed by atoms with Crippen molar-refractivity contribution in [3.63, 3.8) is 0 Å². The van der Waals surface area contributed by atoms with E-state index in [4.69, 9.17) is 0 Å². The van der Waals surface area contributed by atoms with E-state index in [-0.39, 0.29) is 23.5 Å². The van der Waals surface area contributed by atoms with Gasteiger partial charge in [0, 0.05) is 24.2 Å². The molecule has 0 spiro atoms. The maximum Gasteiger partial charge on any atom is 0.270 e. The predicted octanol–water partition coefficient (Wildman–Crippen LogP) is 2.54. The van der Waals surface area contributed by atoms with Crippen molar-refractivity contribution in [2.24, 2.45) is 0 Å². The highest BCUT2D eigenvalue weighted by molar-refractivity contribution is 7.92. The lowest BCUT2D eigenvalue weighted by atomic mass is 9.98. The third-order valence-corrected chi connectivity index (χ3v) is 5.89. The summed E-state index contributed by atoms with van der Waals surface area (Å²) in [5, 5.41) is 21.1. The van der Waals surface area contributed by atoms with Crippen LogP contribution in [0, 0.1) is 17.0 Å². The number of aliphatic hydroxyl groups is 1. The minimum atomic E-state index is -3.96. The fourth-order valence-electron chi connectivity index (χ4n) is 2.92. The van der Waals surface area contributed by atoms with Gasteiger partial charge in [0.05, 0.1) is 21.6 Å². The molecule has 2 aromatic carbocycles. The van der Waals surface area contributed by atoms with Gasteiger partial charge in [-0.05, 0) is 25.0 Å². The van der Waals surface area contributed by atoms with Crippen LogP contribution in [0.3, 0.4) is 0 Å². The summed E-state index contributed by atoms with van der Waals surface area (Å²) in [7, 11) is -3.96. The van der Waals surface area contributed by atoms with Crippen LogP contribution in [-0.2, 0) is 10.0 Å². The number of fused-ring (bicyclic) bond motifs is 1. The van der Waals surface area contributed by atoms with Gasteiger partial charge < -0.3 is 5.11 Å². The van der Waals surface area contributed by atoms with Gasteiger partial charge in [-0.15, -0.1) is 0 Å². The largest absolute Gasteiger partial charge is 0.388 e. The number of nitro groups is 1. The number of sulfonamides is 1. The summed E-state index contributed by atoms with van der Waals surface area (Å²) in [5.74, 6) is 0. The van der Waals surface area contributed by atoms with Gasteiger partial charge in [-0.25, -0.2) is 8.42 Å². The van der Waals surface area contributed by atoms with E-state index in [1.807, 2.05) is 0 Å². The zero-order valence-electron chi connectivity index (χ0n) is 12.9. The molecule has 0 saturated carbocycles. The smallest absolute Gasteiger partial charge is 0.270 e. The number of nitrogens with zero attached hydrogens (tertiary/aromatic N) is 2. The molecule has 0 saturated heterocycles. The zero-order chi connectivity index (χ0) is 17.5. The standard InChI is InChI=1S/C16H16N2O5S/c1-11-4-2-7-14-15(19)8-9-17(16(11)14)24(22,23)13-6-3-5-12(10-13)18(20)21/h2-7,10,15,19H,8-9H2,1H3. The molecule has 0 aromatic heterocycles. The Morgan fingerprint density at radius 3 is 2.67 bits per heavy atom. The average Bonchev–Trinajstić information content (AvgIpc) is 2.56. The predicted molar refractivity (Wildman–Crippen MR) is 88.4 cm³/mol. The molecule has 126 valence electrons. The first kappa shape index (κ1) is 16.4. The first-order valence-electron chi connectivity index (χ1n) is 7.37. The van der Waals surface area contributed by atoms with E-state index in [1.54, 1.807) is 25.1 Å². The Morgan fingerprint density at radius 1 is 1.25 bits per heavy atom. The molecular weight excluding hydrogens is 332 g/mol. The van der Waals surface area contributed by atoms with Gasteiger partial charge >= 0.3 is 0 Å². The lowest BCUT2D eigenvalue weighted by Gasteiger charge is -2.34. The van der Waals surface area contributed by atoms with Crippen molar-refractivity contribution in [1.29, 1.82) is 0 Å². The number of benzene rings is 2. The molecule has 1 N–H and O–H groups in total. The Hall–Kier alpha value is -2.45. The molecule has 7 nitrogen and oxygen atoms in total. The lowest BCUT2D eigenvalue weighted by Crippen LogP contribution is -2.37. The van der Waals surface area contributed by atoms with Crippen molar-refractivity contribution in [3.05, 3.63) is 63.7 Å². The van der Waals surface area contributed by atoms with Gasteiger partial charge in [-0.3, -0.25) is 14.4 Å². The molecule has 0 aliphatic carbocycles. The molecule has 0 fully saturated rings. The minimum absolute atomic E-state index is 0.115. The minimum Gasteiger partial charge on any atom is -0.388 e. The second-order valence-electron chi connectivity index (χ2n) is 5.65. The van der Waals surface area contributed by atoms with Crippen molar-refractivity contribution >= 4 is 21.4 Å². The number of nitro benzene ring substituents is 1. The molecule has 8 heteroatoms. The van der Waals surface area contributed by atoms with Gasteiger partial charge in [-0.2, -0.15) is 0 Å². The van der Waals surface area contributed by atoms with Crippen LogP contribution < -0.4 is 4.31 Å². The Balaban J connectivity index is 2.14. The number of rotatable bonds is 3. The quantitative estimate of drug-likeness (QED) is 0.678. The molecule has 1 aliphatic rings. The second-order valence-corrected chi connectivity index (χ2v) is 7.51. The van der Waals surface area contributed by atoms with Crippen LogP contribution in [0.15, 0.2) is 47.4 Å². The molecule has 3 rings (SSSR count). The van der Waals surface area contributed by atoms with Crippen molar-refractivity contribution < 1.29 is 18.4 Å². The van der Waals surface area contributed by atoms with E-state index < -0.39 is 21.1 Å². The van der Waals surface area contributed by atoms with Gasteiger partial charge in [-0.1, -0.05) is 24.3 Å². The van der Waals surface area contributed by atoms with Gasteiger partial charge in [0.25, 0.3) is 15.7 Å². The summed E-state index contributed by atoms with van der Waals surface area (Å²) < 4.78 is 27.2. The van der Waals surface area contributed by atoms with Gasteiger partial charge in [0.1, 0.15) is 0 Å². The Bertz CT molecular complexity index is 910. The van der Waals surface area contributed by atoms with Crippen LogP contribution in [0.5, 0.6) is 0 Å². The average molecular weight is 348 g/mol. The zero-order valence-corrected chi connectivity index (χ0v) is 13.7. The normalized spacial score (nSPS) is 17.4. The van der Waals surface area contributed by atoms with Crippen LogP contribution in [0.25, 0.3) is 0 Å². The summed E-state index contributed by atoms with van der Waals surface area (Å²) in [6.07, 6.45) is -0.457. The SMILES string of the molecule is Cc1cccc2c1N(S(=O)(=O)c1cccc([N+](=O)[O-])c1)CCC2O. The number of aryl methyl sites for hydroxylation is 1. The monoisotopic (exact) mass is 348 g/mol. The maximum atomic E-state index is 13.0. The van der Waals surface area contributed by atoms with E-state index in [0.717, 1.165) is 11.6 Å². The summed E-state index contributed by atoms with van der Waals surface area (Å²) in [5.41, 5.74) is 1.44. The van der Waals surface area contributed by atoms with Gasteiger partial charge in [0.2, 0.25) is 0 Å². The summed E-state index contributed by atoms with van der Waals surface area (Å²) >= 11 is 0. The van der Waals surface area contributed by atoms with Crippen molar-refractivity contribution in [1.82, 2.24) is 0 Å². The fraction of sp³-hybridized carbons (Fsp3) is 0.250. The van der Waals surface area contributed by atoms with Crippen LogP contribution in [0.2, 0.25) is 0 Å². The molecule has 1 unspecified atom stereocenters. The fourth-order valence-corrected chi connectivity index (χ4v) is 4.53. The number of aliphatic hydroxyl groups excluding tert-OH is 1. The summed E-state index contributed by atoms with van der Waals surface area (Å²) in [4.78, 5) is 10.2. The highest BCUT2D eigenvalue weighted by atomic mass is 32.2. The summed E-state index contributed by atoms with van der Waals surface area (Å²) in [6.45, 7) is 1.89. The first-order chi connectivity index (χ1) is 11.3. The second kappa shape index (κ2) is 5.88. The number of para-hydroxylation sites is 1. The number of hydrogen-bond donors (Lipinski definition) is 1.